The Morgan fingerprint density at radius 1 is 0.304 bits per heavy atom. The second-order valence-corrected chi connectivity index (χ2v) is 14.4. The third-order valence-electron chi connectivity index (χ3n) is 11.0. The summed E-state index contributed by atoms with van der Waals surface area (Å²) < 4.78 is 8.47. The van der Waals surface area contributed by atoms with E-state index < -0.39 is 0 Å². The van der Waals surface area contributed by atoms with E-state index in [0.717, 1.165) is 72.3 Å². The van der Waals surface area contributed by atoms with Crippen LogP contribution < -0.4 is 0 Å². The Hall–Kier alpha value is -7.49. The van der Waals surface area contributed by atoms with Gasteiger partial charge in [-0.15, -0.1) is 0 Å². The first-order chi connectivity index (χ1) is 27.7. The molecular weight excluding hydrogens is 681 g/mol. The van der Waals surface area contributed by atoms with E-state index in [9.17, 15) is 0 Å². The summed E-state index contributed by atoms with van der Waals surface area (Å²) in [5.74, 6) is 0.877. The van der Waals surface area contributed by atoms with E-state index in [4.69, 9.17) is 9.40 Å². The van der Waals surface area contributed by atoms with Crippen molar-refractivity contribution < 1.29 is 4.42 Å². The van der Waals surface area contributed by atoms with Gasteiger partial charge in [-0.05, 0) is 93.0 Å². The van der Waals surface area contributed by atoms with Gasteiger partial charge in [-0.2, -0.15) is 0 Å². The van der Waals surface area contributed by atoms with E-state index in [1.54, 1.807) is 0 Å². The Kier molecular flexibility index (Phi) is 7.49. The highest BCUT2D eigenvalue weighted by molar-refractivity contribution is 6.11. The van der Waals surface area contributed by atoms with Crippen LogP contribution in [0.3, 0.4) is 0 Å². The summed E-state index contributed by atoms with van der Waals surface area (Å²) in [6.45, 7) is 0. The van der Waals surface area contributed by atoms with Crippen LogP contribution >= 0.6 is 0 Å². The number of rotatable bonds is 6. The summed E-state index contributed by atoms with van der Waals surface area (Å²) in [5, 5.41) is 4.63. The molecule has 0 saturated carbocycles. The Morgan fingerprint density at radius 2 is 0.786 bits per heavy atom. The minimum atomic E-state index is 0.877. The maximum Gasteiger partial charge on any atom is 0.138 e. The van der Waals surface area contributed by atoms with Crippen molar-refractivity contribution in [3.05, 3.63) is 206 Å². The Labute approximate surface area is 324 Å². The van der Waals surface area contributed by atoms with Crippen molar-refractivity contribution >= 4 is 43.7 Å². The Bertz CT molecular complexity index is 3110. The SMILES string of the molecule is c1ccc(-c2ccc(-c3cc(-c4ccc(-c5ccccc5)cc4)nc(-n4c5ccccc5c5cc(-c6ccc7oc8ccccc8c7c6)ccc54)c3)cc2)cc1. The second-order valence-electron chi connectivity index (χ2n) is 14.4. The van der Waals surface area contributed by atoms with Crippen LogP contribution in [0.1, 0.15) is 0 Å². The predicted molar refractivity (Wildman–Crippen MR) is 233 cm³/mol. The first-order valence-corrected chi connectivity index (χ1v) is 19.0. The fourth-order valence-electron chi connectivity index (χ4n) is 8.20. The minimum absolute atomic E-state index is 0.877. The summed E-state index contributed by atoms with van der Waals surface area (Å²) in [6, 6.07) is 73.4. The van der Waals surface area contributed by atoms with E-state index in [1.165, 1.54) is 33.0 Å². The van der Waals surface area contributed by atoms with Crippen LogP contribution in [-0.4, -0.2) is 9.55 Å². The number of hydrogen-bond donors (Lipinski definition) is 0. The van der Waals surface area contributed by atoms with Crippen molar-refractivity contribution in [2.24, 2.45) is 0 Å². The van der Waals surface area contributed by atoms with Gasteiger partial charge >= 0.3 is 0 Å². The Morgan fingerprint density at radius 3 is 1.48 bits per heavy atom. The maximum absolute atomic E-state index is 6.15. The lowest BCUT2D eigenvalue weighted by Gasteiger charge is -2.14. The van der Waals surface area contributed by atoms with Crippen molar-refractivity contribution in [2.75, 3.05) is 0 Å². The zero-order valence-electron chi connectivity index (χ0n) is 30.4. The van der Waals surface area contributed by atoms with E-state index in [-0.39, 0.29) is 0 Å². The van der Waals surface area contributed by atoms with E-state index >= 15 is 0 Å². The number of aromatic nitrogens is 2. The van der Waals surface area contributed by atoms with Crippen LogP contribution in [0, 0.1) is 0 Å². The quantitative estimate of drug-likeness (QED) is 0.172. The van der Waals surface area contributed by atoms with Gasteiger partial charge in [0.2, 0.25) is 0 Å². The third-order valence-corrected chi connectivity index (χ3v) is 11.0. The van der Waals surface area contributed by atoms with Crippen molar-refractivity contribution in [1.82, 2.24) is 9.55 Å². The van der Waals surface area contributed by atoms with Gasteiger partial charge in [0.1, 0.15) is 17.0 Å². The number of nitrogens with zero attached hydrogens (tertiary/aromatic N) is 2. The molecule has 11 aromatic rings. The van der Waals surface area contributed by atoms with Crippen LogP contribution in [0.25, 0.3) is 105 Å². The van der Waals surface area contributed by atoms with Gasteiger partial charge in [-0.3, -0.25) is 4.57 Å². The molecule has 0 bridgehead atoms. The van der Waals surface area contributed by atoms with Gasteiger partial charge in [0.25, 0.3) is 0 Å². The molecule has 3 nitrogen and oxygen atoms in total. The summed E-state index contributed by atoms with van der Waals surface area (Å²) in [4.78, 5) is 5.43. The molecule has 8 aromatic carbocycles. The molecule has 0 aliphatic carbocycles. The standard InChI is InChI=1S/C53H34N2O/c1-3-11-35(12-4-1)37-19-21-39(22-20-37)43-33-48(40-25-23-38(24-26-40)36-13-5-2-6-14-36)54-53(34-43)55-49-17-9-7-15-44(49)46-31-41(27-29-50(46)55)42-28-30-52-47(32-42)45-16-8-10-18-51(45)56-52/h1-34H. The van der Waals surface area contributed by atoms with Gasteiger partial charge in [-0.25, -0.2) is 4.98 Å². The summed E-state index contributed by atoms with van der Waals surface area (Å²) >= 11 is 0. The molecule has 0 unspecified atom stereocenters. The third kappa shape index (κ3) is 5.49. The van der Waals surface area contributed by atoms with Gasteiger partial charge < -0.3 is 4.42 Å². The topological polar surface area (TPSA) is 31.0 Å². The fraction of sp³-hybridized carbons (Fsp3) is 0. The van der Waals surface area contributed by atoms with Gasteiger partial charge in [0, 0.05) is 27.1 Å². The summed E-state index contributed by atoms with van der Waals surface area (Å²) in [7, 11) is 0. The molecule has 3 heteroatoms. The zero-order valence-corrected chi connectivity index (χ0v) is 30.4. The van der Waals surface area contributed by atoms with E-state index in [0.29, 0.717) is 0 Å². The number of furan rings is 1. The molecular formula is C53H34N2O. The van der Waals surface area contributed by atoms with E-state index in [1.807, 2.05) is 12.1 Å². The number of fused-ring (bicyclic) bond motifs is 6. The van der Waals surface area contributed by atoms with Crippen molar-refractivity contribution in [3.8, 4) is 61.6 Å². The molecule has 3 aromatic heterocycles. The number of benzene rings is 8. The van der Waals surface area contributed by atoms with Gasteiger partial charge in [0.15, 0.2) is 0 Å². The molecule has 0 atom stereocenters. The molecule has 0 aliphatic heterocycles. The van der Waals surface area contributed by atoms with Crippen LogP contribution in [-0.2, 0) is 0 Å². The molecule has 262 valence electrons. The van der Waals surface area contributed by atoms with Crippen LogP contribution in [0.15, 0.2) is 211 Å². The number of hydrogen-bond acceptors (Lipinski definition) is 2. The second kappa shape index (κ2) is 13.1. The highest BCUT2D eigenvalue weighted by Gasteiger charge is 2.17. The minimum Gasteiger partial charge on any atom is -0.456 e. The molecule has 0 aliphatic rings. The molecule has 11 rings (SSSR count). The normalized spacial score (nSPS) is 11.6. The molecule has 0 saturated heterocycles. The number of pyridine rings is 1. The predicted octanol–water partition coefficient (Wildman–Crippen LogP) is 14.4. The largest absolute Gasteiger partial charge is 0.456 e. The fourth-order valence-corrected chi connectivity index (χ4v) is 8.20. The summed E-state index contributed by atoms with van der Waals surface area (Å²) in [6.07, 6.45) is 0. The Balaban J connectivity index is 1.07. The molecule has 0 amide bonds. The highest BCUT2D eigenvalue weighted by atomic mass is 16.3. The smallest absolute Gasteiger partial charge is 0.138 e. The first-order valence-electron chi connectivity index (χ1n) is 19.0. The maximum atomic E-state index is 6.15. The van der Waals surface area contributed by atoms with Crippen LogP contribution in [0.2, 0.25) is 0 Å². The molecule has 0 fully saturated rings. The highest BCUT2D eigenvalue weighted by Crippen LogP contribution is 2.39. The van der Waals surface area contributed by atoms with Crippen molar-refractivity contribution in [1.29, 1.82) is 0 Å². The monoisotopic (exact) mass is 714 g/mol. The average Bonchev–Trinajstić information content (AvgIpc) is 3.82. The van der Waals surface area contributed by atoms with Crippen LogP contribution in [0.5, 0.6) is 0 Å². The molecule has 56 heavy (non-hydrogen) atoms. The molecule has 0 radical (unpaired) electrons. The van der Waals surface area contributed by atoms with Gasteiger partial charge in [-0.1, -0.05) is 158 Å². The van der Waals surface area contributed by atoms with Crippen molar-refractivity contribution in [3.63, 3.8) is 0 Å². The molecule has 0 spiro atoms. The average molecular weight is 715 g/mol. The zero-order chi connectivity index (χ0) is 37.0. The lowest BCUT2D eigenvalue weighted by molar-refractivity contribution is 0.669. The summed E-state index contributed by atoms with van der Waals surface area (Å²) in [5.41, 5.74) is 15.4. The lowest BCUT2D eigenvalue weighted by Crippen LogP contribution is -2.00. The van der Waals surface area contributed by atoms with Gasteiger partial charge in [0.05, 0.1) is 16.7 Å². The number of para-hydroxylation sites is 2. The first kappa shape index (κ1) is 32.0. The van der Waals surface area contributed by atoms with Crippen LogP contribution in [0.4, 0.5) is 0 Å². The molecule has 0 N–H and O–H groups in total. The van der Waals surface area contributed by atoms with Crippen molar-refractivity contribution in [2.45, 2.75) is 0 Å². The van der Waals surface area contributed by atoms with E-state index in [2.05, 4.69) is 199 Å². The lowest BCUT2D eigenvalue weighted by atomic mass is 9.98. The molecule has 3 heterocycles.